The van der Waals surface area contributed by atoms with Crippen molar-refractivity contribution in [2.24, 2.45) is 5.92 Å². The number of amides is 1. The second-order valence-corrected chi connectivity index (χ2v) is 7.44. The third-order valence-corrected chi connectivity index (χ3v) is 4.52. The molecule has 0 spiro atoms. The monoisotopic (exact) mass is 311 g/mol. The number of aromatic nitrogens is 2. The molecule has 2 heterocycles. The van der Waals surface area contributed by atoms with Crippen molar-refractivity contribution in [3.05, 3.63) is 10.6 Å². The van der Waals surface area contributed by atoms with Gasteiger partial charge in [0.05, 0.1) is 5.69 Å². The lowest BCUT2D eigenvalue weighted by Gasteiger charge is -2.36. The van der Waals surface area contributed by atoms with Gasteiger partial charge in [0.2, 0.25) is 0 Å². The Morgan fingerprint density at radius 1 is 1.38 bits per heavy atom. The average molecular weight is 311 g/mol. The maximum atomic E-state index is 12.7. The molecule has 1 amide bonds. The summed E-state index contributed by atoms with van der Waals surface area (Å²) in [5.74, 6) is -0.879. The molecule has 1 aliphatic rings. The van der Waals surface area contributed by atoms with Gasteiger partial charge in [-0.15, -0.1) is 5.10 Å². The Balaban J connectivity index is 2.31. The van der Waals surface area contributed by atoms with E-state index in [-0.39, 0.29) is 11.3 Å². The van der Waals surface area contributed by atoms with Gasteiger partial charge in [0.1, 0.15) is 10.9 Å². The molecular formula is C14H21N3O3S. The summed E-state index contributed by atoms with van der Waals surface area (Å²) in [4.78, 5) is 26.1. The predicted octanol–water partition coefficient (Wildman–Crippen LogP) is 2.16. The topological polar surface area (TPSA) is 83.4 Å². The molecule has 7 heteroatoms. The molecular weight excluding hydrogens is 290 g/mol. The van der Waals surface area contributed by atoms with E-state index in [9.17, 15) is 14.7 Å². The van der Waals surface area contributed by atoms with Gasteiger partial charge in [-0.1, -0.05) is 32.2 Å². The van der Waals surface area contributed by atoms with Gasteiger partial charge < -0.3 is 10.0 Å². The number of rotatable bonds is 2. The van der Waals surface area contributed by atoms with Gasteiger partial charge in [0.15, 0.2) is 0 Å². The Hall–Kier alpha value is -1.50. The van der Waals surface area contributed by atoms with Crippen molar-refractivity contribution in [2.45, 2.75) is 52.0 Å². The van der Waals surface area contributed by atoms with Crippen LogP contribution >= 0.6 is 11.5 Å². The van der Waals surface area contributed by atoms with Gasteiger partial charge in [0.25, 0.3) is 5.91 Å². The van der Waals surface area contributed by atoms with E-state index in [0.717, 1.165) is 18.0 Å². The van der Waals surface area contributed by atoms with Crippen LogP contribution in [0.25, 0.3) is 0 Å². The van der Waals surface area contributed by atoms with Crippen LogP contribution in [-0.2, 0) is 10.2 Å². The maximum Gasteiger partial charge on any atom is 0.326 e. The Labute approximate surface area is 128 Å². The summed E-state index contributed by atoms with van der Waals surface area (Å²) in [6, 6.07) is -0.754. The number of likely N-dealkylation sites (tertiary alicyclic amines) is 1. The molecule has 0 bridgehead atoms. The van der Waals surface area contributed by atoms with Gasteiger partial charge in [-0.3, -0.25) is 4.79 Å². The van der Waals surface area contributed by atoms with Gasteiger partial charge in [-0.2, -0.15) is 0 Å². The molecule has 2 unspecified atom stereocenters. The number of carbonyl (C=O) groups excluding carboxylic acids is 1. The van der Waals surface area contributed by atoms with Crippen molar-refractivity contribution in [3.8, 4) is 0 Å². The van der Waals surface area contributed by atoms with Gasteiger partial charge >= 0.3 is 5.97 Å². The number of hydrogen-bond acceptors (Lipinski definition) is 5. The summed E-state index contributed by atoms with van der Waals surface area (Å²) in [7, 11) is 0. The van der Waals surface area contributed by atoms with Gasteiger partial charge in [-0.25, -0.2) is 4.79 Å². The molecule has 1 fully saturated rings. The number of aliphatic carboxylic acids is 1. The largest absolute Gasteiger partial charge is 0.480 e. The molecule has 0 aromatic carbocycles. The van der Waals surface area contributed by atoms with E-state index in [4.69, 9.17) is 0 Å². The van der Waals surface area contributed by atoms with Crippen LogP contribution in [-0.4, -0.2) is 44.1 Å². The molecule has 0 saturated carbocycles. The Kier molecular flexibility index (Phi) is 4.32. The summed E-state index contributed by atoms with van der Waals surface area (Å²) in [5.41, 5.74) is 0.347. The van der Waals surface area contributed by atoms with Crippen LogP contribution in [0.15, 0.2) is 0 Å². The van der Waals surface area contributed by atoms with Crippen molar-refractivity contribution >= 4 is 23.4 Å². The molecule has 21 heavy (non-hydrogen) atoms. The SMILES string of the molecule is CC1CCN(C(=O)c2snnc2C(C)(C)C)C(C(=O)O)C1. The molecule has 2 rings (SSSR count). The highest BCUT2D eigenvalue weighted by Gasteiger charge is 2.38. The Bertz CT molecular complexity index is 550. The first kappa shape index (κ1) is 15.9. The van der Waals surface area contributed by atoms with E-state index in [1.165, 1.54) is 4.90 Å². The summed E-state index contributed by atoms with van der Waals surface area (Å²) in [5, 5.41) is 13.4. The average Bonchev–Trinajstić information content (AvgIpc) is 2.86. The lowest BCUT2D eigenvalue weighted by Crippen LogP contribution is -2.50. The van der Waals surface area contributed by atoms with Crippen molar-refractivity contribution in [3.63, 3.8) is 0 Å². The molecule has 1 N–H and O–H groups in total. The van der Waals surface area contributed by atoms with Crippen LogP contribution in [0.1, 0.15) is 55.9 Å². The minimum absolute atomic E-state index is 0.255. The highest BCUT2D eigenvalue weighted by atomic mass is 32.1. The fourth-order valence-corrected chi connectivity index (χ4v) is 3.40. The second-order valence-electron chi connectivity index (χ2n) is 6.68. The van der Waals surface area contributed by atoms with E-state index >= 15 is 0 Å². The van der Waals surface area contributed by atoms with Crippen LogP contribution in [0.3, 0.4) is 0 Å². The maximum absolute atomic E-state index is 12.7. The number of carboxylic acids is 1. The quantitative estimate of drug-likeness (QED) is 0.905. The van der Waals surface area contributed by atoms with Crippen LogP contribution in [0.2, 0.25) is 0 Å². The smallest absolute Gasteiger partial charge is 0.326 e. The van der Waals surface area contributed by atoms with Crippen molar-refractivity contribution in [2.75, 3.05) is 6.54 Å². The molecule has 1 aromatic rings. The van der Waals surface area contributed by atoms with E-state index < -0.39 is 12.0 Å². The Morgan fingerprint density at radius 2 is 2.05 bits per heavy atom. The highest BCUT2D eigenvalue weighted by molar-refractivity contribution is 7.08. The first-order valence-electron chi connectivity index (χ1n) is 7.08. The van der Waals surface area contributed by atoms with Gasteiger partial charge in [0, 0.05) is 12.0 Å². The molecule has 0 radical (unpaired) electrons. The normalized spacial score (nSPS) is 23.1. The minimum atomic E-state index is -0.940. The van der Waals surface area contributed by atoms with Crippen LogP contribution in [0.5, 0.6) is 0 Å². The van der Waals surface area contributed by atoms with Crippen LogP contribution < -0.4 is 0 Å². The fourth-order valence-electron chi connectivity index (χ4n) is 2.57. The van der Waals surface area contributed by atoms with Crippen LogP contribution in [0, 0.1) is 5.92 Å². The standard InChI is InChI=1S/C14H21N3O3S/c1-8-5-6-17(9(7-8)13(19)20)12(18)10-11(14(2,3)4)15-16-21-10/h8-9H,5-7H2,1-4H3,(H,19,20). The van der Waals surface area contributed by atoms with E-state index in [1.54, 1.807) is 0 Å². The Morgan fingerprint density at radius 3 is 2.62 bits per heavy atom. The zero-order chi connectivity index (χ0) is 15.8. The van der Waals surface area contributed by atoms with Crippen molar-refractivity contribution < 1.29 is 14.7 Å². The second kappa shape index (κ2) is 5.71. The summed E-state index contributed by atoms with van der Waals surface area (Å²) in [6.07, 6.45) is 1.32. The molecule has 0 aliphatic carbocycles. The third kappa shape index (κ3) is 3.23. The molecule has 116 valence electrons. The first-order chi connectivity index (χ1) is 9.71. The zero-order valence-electron chi connectivity index (χ0n) is 12.8. The summed E-state index contributed by atoms with van der Waals surface area (Å²) >= 11 is 1.05. The third-order valence-electron chi connectivity index (χ3n) is 3.80. The number of carbonyl (C=O) groups is 2. The van der Waals surface area contributed by atoms with E-state index in [0.29, 0.717) is 29.5 Å². The number of nitrogens with zero attached hydrogens (tertiary/aromatic N) is 3. The number of carboxylic acid groups (broad SMARTS) is 1. The number of piperidine rings is 1. The van der Waals surface area contributed by atoms with E-state index in [2.05, 4.69) is 9.59 Å². The van der Waals surface area contributed by atoms with Crippen molar-refractivity contribution in [1.29, 1.82) is 0 Å². The summed E-state index contributed by atoms with van der Waals surface area (Å²) < 4.78 is 3.89. The minimum Gasteiger partial charge on any atom is -0.480 e. The molecule has 6 nitrogen and oxygen atoms in total. The van der Waals surface area contributed by atoms with Crippen LogP contribution in [0.4, 0.5) is 0 Å². The molecule has 1 saturated heterocycles. The lowest BCUT2D eigenvalue weighted by molar-refractivity contribution is -0.144. The molecule has 1 aromatic heterocycles. The summed E-state index contributed by atoms with van der Waals surface area (Å²) in [6.45, 7) is 8.39. The molecule has 2 atom stereocenters. The highest BCUT2D eigenvalue weighted by Crippen LogP contribution is 2.30. The van der Waals surface area contributed by atoms with Gasteiger partial charge in [-0.05, 0) is 30.3 Å². The number of hydrogen-bond donors (Lipinski definition) is 1. The zero-order valence-corrected chi connectivity index (χ0v) is 13.6. The van der Waals surface area contributed by atoms with E-state index in [1.807, 2.05) is 27.7 Å². The van der Waals surface area contributed by atoms with Crippen molar-refractivity contribution in [1.82, 2.24) is 14.5 Å². The lowest BCUT2D eigenvalue weighted by atomic mass is 9.89. The predicted molar refractivity (Wildman–Crippen MR) is 79.5 cm³/mol. The first-order valence-corrected chi connectivity index (χ1v) is 7.85. The fraction of sp³-hybridized carbons (Fsp3) is 0.714. The molecule has 1 aliphatic heterocycles.